The first-order valence-electron chi connectivity index (χ1n) is 10.1. The predicted octanol–water partition coefficient (Wildman–Crippen LogP) is 3.53. The highest BCUT2D eigenvalue weighted by Crippen LogP contribution is 2.25. The molecule has 1 aromatic carbocycles. The van der Waals surface area contributed by atoms with E-state index in [9.17, 15) is 0 Å². The van der Waals surface area contributed by atoms with E-state index in [0.29, 0.717) is 11.1 Å². The van der Waals surface area contributed by atoms with Crippen LogP contribution in [0, 0.1) is 0 Å². The highest BCUT2D eigenvalue weighted by Gasteiger charge is 2.25. The number of nitrogens with zero attached hydrogens (tertiary/aromatic N) is 5. The third kappa shape index (κ3) is 6.10. The number of nitrogens with one attached hydrogen (secondary N) is 2. The highest BCUT2D eigenvalue weighted by molar-refractivity contribution is 14.0. The highest BCUT2D eigenvalue weighted by atomic mass is 127. The number of guanidine groups is 1. The average molecular weight is 552 g/mol. The summed E-state index contributed by atoms with van der Waals surface area (Å²) in [7, 11) is 1.80. The molecule has 0 saturated carbocycles. The summed E-state index contributed by atoms with van der Waals surface area (Å²) >= 11 is 6.29. The van der Waals surface area contributed by atoms with Crippen LogP contribution in [0.2, 0.25) is 5.02 Å². The summed E-state index contributed by atoms with van der Waals surface area (Å²) < 4.78 is 1.86. The number of aromatic nitrogens is 3. The molecule has 2 N–H and O–H groups in total. The zero-order valence-electron chi connectivity index (χ0n) is 17.4. The van der Waals surface area contributed by atoms with Gasteiger partial charge in [0.1, 0.15) is 5.82 Å². The Labute approximate surface area is 204 Å². The number of benzene rings is 1. The fraction of sp³-hybridized carbons (Fsp3) is 0.318. The van der Waals surface area contributed by atoms with Crippen molar-refractivity contribution >= 4 is 47.4 Å². The second kappa shape index (κ2) is 11.3. The Bertz CT molecular complexity index is 976. The van der Waals surface area contributed by atoms with E-state index >= 15 is 0 Å². The molecule has 0 bridgehead atoms. The van der Waals surface area contributed by atoms with Gasteiger partial charge in [-0.1, -0.05) is 23.7 Å². The van der Waals surface area contributed by atoms with E-state index in [-0.39, 0.29) is 24.0 Å². The molecule has 7 nitrogen and oxygen atoms in total. The molecule has 3 heterocycles. The van der Waals surface area contributed by atoms with E-state index in [1.165, 1.54) is 5.56 Å². The number of aliphatic imine (C=N–C) groups is 1. The summed E-state index contributed by atoms with van der Waals surface area (Å²) in [6.45, 7) is 2.59. The van der Waals surface area contributed by atoms with Crippen molar-refractivity contribution in [2.75, 3.05) is 31.6 Å². The number of rotatable bonds is 6. The van der Waals surface area contributed by atoms with Gasteiger partial charge < -0.3 is 15.5 Å². The molecule has 164 valence electrons. The maximum Gasteiger partial charge on any atom is 0.191 e. The van der Waals surface area contributed by atoms with Crippen molar-refractivity contribution in [3.8, 4) is 5.69 Å². The van der Waals surface area contributed by atoms with Gasteiger partial charge in [0.25, 0.3) is 0 Å². The van der Waals surface area contributed by atoms with Crippen molar-refractivity contribution in [3.05, 3.63) is 71.6 Å². The Morgan fingerprint density at radius 3 is 2.74 bits per heavy atom. The second-order valence-electron chi connectivity index (χ2n) is 7.25. The van der Waals surface area contributed by atoms with Crippen LogP contribution in [0.5, 0.6) is 0 Å². The molecule has 1 saturated heterocycles. The van der Waals surface area contributed by atoms with Crippen molar-refractivity contribution in [2.24, 2.45) is 4.99 Å². The molecule has 31 heavy (non-hydrogen) atoms. The van der Waals surface area contributed by atoms with Crippen LogP contribution in [0.1, 0.15) is 12.0 Å². The minimum absolute atomic E-state index is 0. The molecular formula is C22H27ClIN7. The average Bonchev–Trinajstić information content (AvgIpc) is 3.46. The Balaban J connectivity index is 0.00000272. The molecule has 0 amide bonds. The van der Waals surface area contributed by atoms with Gasteiger partial charge in [-0.05, 0) is 48.7 Å². The van der Waals surface area contributed by atoms with Crippen molar-refractivity contribution in [3.63, 3.8) is 0 Å². The number of halogens is 2. The first kappa shape index (κ1) is 23.3. The van der Waals surface area contributed by atoms with Gasteiger partial charge in [0.2, 0.25) is 0 Å². The fourth-order valence-corrected chi connectivity index (χ4v) is 3.87. The molecule has 1 aliphatic heterocycles. The Hall–Kier alpha value is -2.33. The summed E-state index contributed by atoms with van der Waals surface area (Å²) in [6, 6.07) is 14.4. The molecule has 1 aliphatic rings. The molecule has 1 unspecified atom stereocenters. The first-order valence-corrected chi connectivity index (χ1v) is 10.5. The molecule has 9 heteroatoms. The molecule has 0 radical (unpaired) electrons. The summed E-state index contributed by atoms with van der Waals surface area (Å²) in [5, 5.41) is 11.9. The molecule has 3 aromatic rings. The summed E-state index contributed by atoms with van der Waals surface area (Å²) in [6.07, 6.45) is 7.44. The second-order valence-corrected chi connectivity index (χ2v) is 7.66. The van der Waals surface area contributed by atoms with Crippen molar-refractivity contribution in [2.45, 2.75) is 18.9 Å². The van der Waals surface area contributed by atoms with Crippen molar-refractivity contribution in [1.82, 2.24) is 25.4 Å². The quantitative estimate of drug-likeness (QED) is 0.279. The predicted molar refractivity (Wildman–Crippen MR) is 137 cm³/mol. The lowest BCUT2D eigenvalue weighted by molar-refractivity contribution is 0.648. The van der Waals surface area contributed by atoms with E-state index in [4.69, 9.17) is 11.6 Å². The third-order valence-electron chi connectivity index (χ3n) is 5.20. The van der Waals surface area contributed by atoms with Crippen molar-refractivity contribution < 1.29 is 0 Å². The molecule has 4 rings (SSSR count). The Morgan fingerprint density at radius 1 is 1.19 bits per heavy atom. The molecule has 0 aliphatic carbocycles. The van der Waals surface area contributed by atoms with Crippen LogP contribution < -0.4 is 15.5 Å². The molecular weight excluding hydrogens is 525 g/mol. The van der Waals surface area contributed by atoms with Crippen molar-refractivity contribution in [1.29, 1.82) is 0 Å². The lowest BCUT2D eigenvalue weighted by Crippen LogP contribution is -2.45. The molecule has 1 fully saturated rings. The number of pyridine rings is 1. The largest absolute Gasteiger partial charge is 0.356 e. The molecule has 0 spiro atoms. The minimum Gasteiger partial charge on any atom is -0.356 e. The van der Waals surface area contributed by atoms with Gasteiger partial charge in [-0.15, -0.1) is 24.0 Å². The van der Waals surface area contributed by atoms with E-state index in [2.05, 4.69) is 54.9 Å². The lowest BCUT2D eigenvalue weighted by Gasteiger charge is -2.20. The van der Waals surface area contributed by atoms with Gasteiger partial charge in [0.05, 0.1) is 10.7 Å². The minimum atomic E-state index is 0. The summed E-state index contributed by atoms with van der Waals surface area (Å²) in [4.78, 5) is 11.0. The zero-order valence-corrected chi connectivity index (χ0v) is 20.5. The van der Waals surface area contributed by atoms with E-state index in [0.717, 1.165) is 49.9 Å². The standard InChI is InChI=1S/C22H26ClN7.HI/c1-24-22(28-18-10-15-29(16-18)21-20(23)4-2-11-25-21)26-13-9-17-5-7-19(8-6-17)30-14-3-12-27-30;/h2-8,11-12,14,18H,9-10,13,15-16H2,1H3,(H2,24,26,28);1H. The maximum atomic E-state index is 6.29. The van der Waals surface area contributed by atoms with Gasteiger partial charge in [-0.25, -0.2) is 9.67 Å². The van der Waals surface area contributed by atoms with Crippen LogP contribution in [0.15, 0.2) is 66.0 Å². The van der Waals surface area contributed by atoms with E-state index in [1.54, 1.807) is 19.4 Å². The van der Waals surface area contributed by atoms with Gasteiger partial charge in [0, 0.05) is 51.3 Å². The number of hydrogen-bond acceptors (Lipinski definition) is 4. The lowest BCUT2D eigenvalue weighted by atomic mass is 10.1. The topological polar surface area (TPSA) is 70.4 Å². The van der Waals surface area contributed by atoms with Crippen LogP contribution in [0.3, 0.4) is 0 Å². The van der Waals surface area contributed by atoms with Crippen LogP contribution >= 0.6 is 35.6 Å². The third-order valence-corrected chi connectivity index (χ3v) is 5.50. The Kier molecular flexibility index (Phi) is 8.53. The van der Waals surface area contributed by atoms with E-state index < -0.39 is 0 Å². The summed E-state index contributed by atoms with van der Waals surface area (Å²) in [5.41, 5.74) is 2.33. The molecule has 2 aromatic heterocycles. The van der Waals surface area contributed by atoms with Crippen LogP contribution in [-0.2, 0) is 6.42 Å². The van der Waals surface area contributed by atoms with Gasteiger partial charge in [0.15, 0.2) is 5.96 Å². The van der Waals surface area contributed by atoms with Crippen LogP contribution in [-0.4, -0.2) is 53.4 Å². The van der Waals surface area contributed by atoms with Crippen LogP contribution in [0.25, 0.3) is 5.69 Å². The smallest absolute Gasteiger partial charge is 0.191 e. The molecule has 1 atom stereocenters. The van der Waals surface area contributed by atoms with Crippen LogP contribution in [0.4, 0.5) is 5.82 Å². The fourth-order valence-electron chi connectivity index (χ4n) is 3.63. The monoisotopic (exact) mass is 551 g/mol. The number of hydrogen-bond donors (Lipinski definition) is 2. The van der Waals surface area contributed by atoms with Gasteiger partial charge in [-0.2, -0.15) is 5.10 Å². The normalized spacial score (nSPS) is 16.1. The first-order chi connectivity index (χ1) is 14.7. The summed E-state index contributed by atoms with van der Waals surface area (Å²) in [5.74, 6) is 1.67. The SMILES string of the molecule is CN=C(NCCc1ccc(-n2cccn2)cc1)NC1CCN(c2ncccc2Cl)C1.I. The van der Waals surface area contributed by atoms with Gasteiger partial charge >= 0.3 is 0 Å². The van der Waals surface area contributed by atoms with E-state index in [1.807, 2.05) is 29.1 Å². The maximum absolute atomic E-state index is 6.29. The van der Waals surface area contributed by atoms with Gasteiger partial charge in [-0.3, -0.25) is 4.99 Å². The number of anilines is 1. The Morgan fingerprint density at radius 2 is 2.03 bits per heavy atom. The zero-order chi connectivity index (χ0) is 20.8.